The Hall–Kier alpha value is -3.38. The zero-order valence-corrected chi connectivity index (χ0v) is 15.8. The number of aromatic amines is 1. The van der Waals surface area contributed by atoms with Gasteiger partial charge in [-0.05, 0) is 36.6 Å². The van der Waals surface area contributed by atoms with E-state index in [9.17, 15) is 13.2 Å². The van der Waals surface area contributed by atoms with Crippen LogP contribution in [0.2, 0.25) is 0 Å². The Morgan fingerprint density at radius 2 is 1.39 bits per heavy atom. The molecule has 1 N–H and O–H groups in total. The lowest BCUT2D eigenvalue weighted by Gasteiger charge is -2.09. The number of nitrogens with zero attached hydrogens (tertiary/aromatic N) is 1. The lowest BCUT2D eigenvalue weighted by Crippen LogP contribution is -2.16. The zero-order chi connectivity index (χ0) is 19.5. The number of aryl methyl sites for hydroxylation is 1. The summed E-state index contributed by atoms with van der Waals surface area (Å²) in [5.41, 5.74) is 1.47. The molecule has 0 aliphatic carbocycles. The van der Waals surface area contributed by atoms with Gasteiger partial charge in [0.1, 0.15) is 5.65 Å². The van der Waals surface area contributed by atoms with Gasteiger partial charge in [0.2, 0.25) is 0 Å². The number of fused-ring (bicyclic) bond motifs is 5. The Morgan fingerprint density at radius 3 is 2.11 bits per heavy atom. The van der Waals surface area contributed by atoms with E-state index in [4.69, 9.17) is 0 Å². The molecule has 0 aliphatic rings. The molecule has 0 amide bonds. The monoisotopic (exact) mass is 388 g/mol. The topological polar surface area (TPSA) is 71.9 Å². The van der Waals surface area contributed by atoms with Crippen LogP contribution in [0.5, 0.6) is 0 Å². The van der Waals surface area contributed by atoms with E-state index in [1.165, 1.54) is 3.97 Å². The second-order valence-electron chi connectivity index (χ2n) is 6.82. The molecule has 0 bridgehead atoms. The molecule has 3 aromatic carbocycles. The lowest BCUT2D eigenvalue weighted by atomic mass is 10.1. The Morgan fingerprint density at radius 1 is 0.786 bits per heavy atom. The quantitative estimate of drug-likeness (QED) is 0.493. The first-order valence-electron chi connectivity index (χ1n) is 8.85. The highest BCUT2D eigenvalue weighted by Gasteiger charge is 2.25. The average Bonchev–Trinajstić information content (AvgIpc) is 3.03. The van der Waals surface area contributed by atoms with Gasteiger partial charge < -0.3 is 4.98 Å². The Labute approximate surface area is 160 Å². The van der Waals surface area contributed by atoms with Crippen LogP contribution in [0.25, 0.3) is 32.7 Å². The standard InChI is InChI=1S/C22H16N2O3S/c1-14-10-12-15(13-11-14)28(26,27)24-19-9-5-4-8-18(19)20-16-6-2-3-7-17(16)22(25)23-21(20)24/h2-13H,1H3,(H,23,25). The molecule has 0 unspecified atom stereocenters. The van der Waals surface area contributed by atoms with E-state index in [1.807, 2.05) is 31.2 Å². The number of hydrogen-bond acceptors (Lipinski definition) is 3. The minimum absolute atomic E-state index is 0.176. The van der Waals surface area contributed by atoms with Crippen molar-refractivity contribution in [2.75, 3.05) is 0 Å². The van der Waals surface area contributed by atoms with E-state index in [0.717, 1.165) is 21.7 Å². The number of para-hydroxylation sites is 1. The largest absolute Gasteiger partial charge is 0.307 e. The van der Waals surface area contributed by atoms with E-state index < -0.39 is 10.0 Å². The van der Waals surface area contributed by atoms with Crippen molar-refractivity contribution < 1.29 is 8.42 Å². The molecule has 0 saturated carbocycles. The third kappa shape index (κ3) is 2.25. The molecule has 0 aliphatic heterocycles. The Balaban J connectivity index is 2.02. The summed E-state index contributed by atoms with van der Waals surface area (Å²) in [4.78, 5) is 15.6. The van der Waals surface area contributed by atoms with Crippen molar-refractivity contribution in [3.8, 4) is 0 Å². The first-order chi connectivity index (χ1) is 13.5. The van der Waals surface area contributed by atoms with E-state index in [-0.39, 0.29) is 16.1 Å². The number of benzene rings is 3. The third-order valence-electron chi connectivity index (χ3n) is 5.06. The van der Waals surface area contributed by atoms with Gasteiger partial charge in [-0.15, -0.1) is 0 Å². The predicted molar refractivity (Wildman–Crippen MR) is 111 cm³/mol. The summed E-state index contributed by atoms with van der Waals surface area (Å²) in [6.45, 7) is 1.90. The Bertz CT molecular complexity index is 1540. The van der Waals surface area contributed by atoms with Crippen LogP contribution in [0.4, 0.5) is 0 Å². The molecule has 28 heavy (non-hydrogen) atoms. The molecule has 2 heterocycles. The summed E-state index contributed by atoms with van der Waals surface area (Å²) in [5.74, 6) is 0. The number of rotatable bonds is 2. The fraction of sp³-hybridized carbons (Fsp3) is 0.0455. The lowest BCUT2D eigenvalue weighted by molar-refractivity contribution is 0.590. The summed E-state index contributed by atoms with van der Waals surface area (Å²) in [6.07, 6.45) is 0. The average molecular weight is 388 g/mol. The van der Waals surface area contributed by atoms with Crippen molar-refractivity contribution in [3.63, 3.8) is 0 Å². The smallest absolute Gasteiger partial charge is 0.269 e. The maximum atomic E-state index is 13.5. The van der Waals surface area contributed by atoms with Gasteiger partial charge in [-0.2, -0.15) is 0 Å². The van der Waals surface area contributed by atoms with Crippen molar-refractivity contribution in [3.05, 3.63) is 88.7 Å². The predicted octanol–water partition coefficient (Wildman–Crippen LogP) is 4.18. The summed E-state index contributed by atoms with van der Waals surface area (Å²) < 4.78 is 28.3. The van der Waals surface area contributed by atoms with Crippen LogP contribution in [-0.2, 0) is 10.0 Å². The fourth-order valence-electron chi connectivity index (χ4n) is 3.74. The molecular weight excluding hydrogens is 372 g/mol. The first kappa shape index (κ1) is 16.8. The summed E-state index contributed by atoms with van der Waals surface area (Å²) in [5, 5.41) is 2.77. The Kier molecular flexibility index (Phi) is 3.48. The van der Waals surface area contributed by atoms with Crippen LogP contribution < -0.4 is 5.56 Å². The molecule has 0 fully saturated rings. The van der Waals surface area contributed by atoms with Crippen LogP contribution in [0, 0.1) is 6.92 Å². The van der Waals surface area contributed by atoms with Crippen molar-refractivity contribution >= 4 is 42.7 Å². The third-order valence-corrected chi connectivity index (χ3v) is 6.79. The van der Waals surface area contributed by atoms with Gasteiger partial charge in [0.05, 0.1) is 10.4 Å². The molecule has 6 heteroatoms. The fourth-order valence-corrected chi connectivity index (χ4v) is 5.22. The number of aromatic nitrogens is 2. The molecule has 0 radical (unpaired) electrons. The molecular formula is C22H16N2O3S. The molecule has 0 saturated heterocycles. The van der Waals surface area contributed by atoms with Crippen LogP contribution in [-0.4, -0.2) is 17.4 Å². The summed E-state index contributed by atoms with van der Waals surface area (Å²) in [7, 11) is -3.90. The van der Waals surface area contributed by atoms with Gasteiger partial charge in [-0.1, -0.05) is 54.1 Å². The molecule has 5 aromatic rings. The highest BCUT2D eigenvalue weighted by Crippen LogP contribution is 2.34. The van der Waals surface area contributed by atoms with E-state index in [0.29, 0.717) is 10.9 Å². The first-order valence-corrected chi connectivity index (χ1v) is 10.3. The van der Waals surface area contributed by atoms with Crippen LogP contribution in [0.3, 0.4) is 0 Å². The van der Waals surface area contributed by atoms with Gasteiger partial charge in [0.25, 0.3) is 15.6 Å². The molecule has 5 rings (SSSR count). The number of hydrogen-bond donors (Lipinski definition) is 1. The minimum atomic E-state index is -3.90. The normalized spacial score (nSPS) is 12.2. The maximum Gasteiger partial charge on any atom is 0.269 e. The second-order valence-corrected chi connectivity index (χ2v) is 8.61. The molecule has 138 valence electrons. The van der Waals surface area contributed by atoms with Gasteiger partial charge in [0, 0.05) is 16.2 Å². The van der Waals surface area contributed by atoms with Crippen molar-refractivity contribution in [2.24, 2.45) is 0 Å². The van der Waals surface area contributed by atoms with Gasteiger partial charge >= 0.3 is 0 Å². The van der Waals surface area contributed by atoms with Crippen molar-refractivity contribution in [1.82, 2.24) is 8.96 Å². The molecule has 0 spiro atoms. The van der Waals surface area contributed by atoms with Crippen molar-refractivity contribution in [1.29, 1.82) is 0 Å². The molecule has 0 atom stereocenters. The molecule has 2 aromatic heterocycles. The highest BCUT2D eigenvalue weighted by atomic mass is 32.2. The summed E-state index contributed by atoms with van der Waals surface area (Å²) in [6, 6.07) is 21.2. The SMILES string of the molecule is Cc1ccc(S(=O)(=O)n2c3ccccc3c3c4ccccc4c(=O)[nH]c32)cc1. The maximum absolute atomic E-state index is 13.5. The number of H-pyrrole nitrogens is 1. The van der Waals surface area contributed by atoms with Gasteiger partial charge in [-0.3, -0.25) is 4.79 Å². The van der Waals surface area contributed by atoms with E-state index in [2.05, 4.69) is 4.98 Å². The summed E-state index contributed by atoms with van der Waals surface area (Å²) >= 11 is 0. The van der Waals surface area contributed by atoms with E-state index >= 15 is 0 Å². The highest BCUT2D eigenvalue weighted by molar-refractivity contribution is 7.90. The van der Waals surface area contributed by atoms with E-state index in [1.54, 1.807) is 48.5 Å². The molecule has 5 nitrogen and oxygen atoms in total. The van der Waals surface area contributed by atoms with Crippen LogP contribution in [0.15, 0.2) is 82.5 Å². The van der Waals surface area contributed by atoms with Gasteiger partial charge in [0.15, 0.2) is 0 Å². The van der Waals surface area contributed by atoms with Crippen LogP contribution in [0.1, 0.15) is 5.56 Å². The van der Waals surface area contributed by atoms with Crippen molar-refractivity contribution in [2.45, 2.75) is 11.8 Å². The second kappa shape index (κ2) is 5.81. The number of nitrogens with one attached hydrogen (secondary N) is 1. The van der Waals surface area contributed by atoms with Gasteiger partial charge in [-0.25, -0.2) is 12.4 Å². The number of pyridine rings is 1. The zero-order valence-electron chi connectivity index (χ0n) is 15.0. The van der Waals surface area contributed by atoms with Crippen LogP contribution >= 0.6 is 0 Å². The minimum Gasteiger partial charge on any atom is -0.307 e.